The van der Waals surface area contributed by atoms with Gasteiger partial charge in [0.15, 0.2) is 0 Å². The third kappa shape index (κ3) is 8.88. The Morgan fingerprint density at radius 3 is 0.837 bits per heavy atom. The third-order valence-corrected chi connectivity index (χ3v) is 9.69. The lowest BCUT2D eigenvalue weighted by Gasteiger charge is -2.27. The number of fused-ring (bicyclic) bond motifs is 4. The second kappa shape index (κ2) is 18.8. The summed E-state index contributed by atoms with van der Waals surface area (Å²) in [6.07, 6.45) is 13.7. The summed E-state index contributed by atoms with van der Waals surface area (Å²) >= 11 is 0. The van der Waals surface area contributed by atoms with Crippen LogP contribution in [0.25, 0.3) is 35.5 Å². The van der Waals surface area contributed by atoms with Crippen molar-refractivity contribution in [3.63, 3.8) is 0 Å². The molecule has 4 aromatic rings. The number of nitrogens with zero attached hydrogens (tertiary/aromatic N) is 2. The van der Waals surface area contributed by atoms with E-state index in [1.165, 1.54) is 81.3 Å². The first-order valence-electron chi connectivity index (χ1n) is 16.2. The van der Waals surface area contributed by atoms with E-state index in [1.807, 2.05) is 0 Å². The van der Waals surface area contributed by atoms with Crippen LogP contribution in [0.1, 0.15) is 70.2 Å². The maximum atomic E-state index is 2.43. The highest BCUT2D eigenvalue weighted by molar-refractivity contribution is 5.96. The normalized spacial score (nSPS) is 16.0. The second-order valence-corrected chi connectivity index (χ2v) is 12.6. The lowest BCUT2D eigenvalue weighted by Crippen LogP contribution is -3.00. The van der Waals surface area contributed by atoms with Gasteiger partial charge < -0.3 is 51.0 Å². The fourth-order valence-electron chi connectivity index (χ4n) is 7.17. The van der Waals surface area contributed by atoms with Crippen LogP contribution in [-0.4, -0.2) is 66.5 Å². The van der Waals surface area contributed by atoms with Gasteiger partial charge in [0, 0.05) is 26.2 Å². The van der Waals surface area contributed by atoms with Crippen LogP contribution in [-0.2, 0) is 0 Å². The molecule has 4 aliphatic rings. The quantitative estimate of drug-likeness (QED) is 0.236. The highest BCUT2D eigenvalue weighted by Crippen LogP contribution is 2.40. The van der Waals surface area contributed by atoms with E-state index >= 15 is 0 Å². The van der Waals surface area contributed by atoms with Gasteiger partial charge in [-0.2, -0.15) is 0 Å². The number of benzene rings is 4. The fourth-order valence-corrected chi connectivity index (χ4v) is 7.17. The average Bonchev–Trinajstić information content (AvgIpc) is 3.34. The highest BCUT2D eigenvalue weighted by atomic mass is 35.5. The Kier molecular flexibility index (Phi) is 15.9. The van der Waals surface area contributed by atoms with Gasteiger partial charge in [-0.05, 0) is 95.4 Å². The number of hydrogen-bond donors (Lipinski definition) is 0. The van der Waals surface area contributed by atoms with Crippen LogP contribution in [0.15, 0.2) is 108 Å². The number of hydrogen-bond acceptors (Lipinski definition) is 2. The summed E-state index contributed by atoms with van der Waals surface area (Å²) in [4.78, 5) is 4.85. The molecule has 2 aliphatic heterocycles. The van der Waals surface area contributed by atoms with Crippen LogP contribution in [0.3, 0.4) is 0 Å². The standard InChI is InChI=1S/2C21H21N.2ClH.3H2O/c2*1-22-14-12-18(13-15-22)21-19-8-4-2-6-16(19)10-11-17-7-3-5-9-20(17)21;;;;;/h2*2-11H,12-15H2,1H3;2*1H;3*1H2/p-2. The first-order chi connectivity index (χ1) is 21.7. The van der Waals surface area contributed by atoms with Gasteiger partial charge in [0.2, 0.25) is 0 Å². The van der Waals surface area contributed by atoms with Gasteiger partial charge in [-0.25, -0.2) is 0 Å². The molecule has 2 heterocycles. The SMILES string of the molecule is CN1CCC(=C2c3ccccc3C=Cc3ccccc32)CC1.CN1CCC(=C2c3ccccc3C=Cc3ccccc32)CC1.O.O.O.[Cl-].[Cl-]. The zero-order chi connectivity index (χ0) is 29.9. The molecule has 0 spiro atoms. The average molecular weight is 700 g/mol. The van der Waals surface area contributed by atoms with Gasteiger partial charge in [-0.3, -0.25) is 0 Å². The monoisotopic (exact) mass is 698 g/mol. The van der Waals surface area contributed by atoms with Crippen molar-refractivity contribution < 1.29 is 41.2 Å². The summed E-state index contributed by atoms with van der Waals surface area (Å²) in [7, 11) is 4.44. The molecule has 7 heteroatoms. The first-order valence-corrected chi connectivity index (χ1v) is 16.2. The van der Waals surface area contributed by atoms with Gasteiger partial charge in [-0.15, -0.1) is 0 Å². The van der Waals surface area contributed by atoms with Gasteiger partial charge >= 0.3 is 0 Å². The van der Waals surface area contributed by atoms with E-state index in [9.17, 15) is 0 Å². The molecule has 4 aromatic carbocycles. The van der Waals surface area contributed by atoms with Crippen molar-refractivity contribution in [2.45, 2.75) is 25.7 Å². The molecule has 0 bridgehead atoms. The van der Waals surface area contributed by atoms with Crippen LogP contribution >= 0.6 is 0 Å². The molecule has 2 fully saturated rings. The summed E-state index contributed by atoms with van der Waals surface area (Å²) in [5.41, 5.74) is 17.1. The lowest BCUT2D eigenvalue weighted by molar-refractivity contribution is -0.001000. The number of halogens is 2. The molecule has 6 N–H and O–H groups in total. The molecule has 0 saturated carbocycles. The Balaban J connectivity index is 0.000000309. The Morgan fingerprint density at radius 2 is 0.592 bits per heavy atom. The van der Waals surface area contributed by atoms with Crippen LogP contribution < -0.4 is 24.8 Å². The molecule has 0 aromatic heterocycles. The fraction of sp³-hybridized carbons (Fsp3) is 0.238. The lowest BCUT2D eigenvalue weighted by atomic mass is 9.86. The van der Waals surface area contributed by atoms with Crippen LogP contribution in [0.2, 0.25) is 0 Å². The largest absolute Gasteiger partial charge is 1.00 e. The van der Waals surface area contributed by atoms with Crippen molar-refractivity contribution in [2.75, 3.05) is 40.3 Å². The van der Waals surface area contributed by atoms with Gasteiger partial charge in [0.25, 0.3) is 0 Å². The molecular weight excluding hydrogens is 651 g/mol. The Labute approximate surface area is 304 Å². The molecule has 0 unspecified atom stereocenters. The van der Waals surface area contributed by atoms with E-state index in [2.05, 4.69) is 145 Å². The molecular formula is C42H48Cl2N2O3-2. The predicted molar refractivity (Wildman–Crippen MR) is 200 cm³/mol. The summed E-state index contributed by atoms with van der Waals surface area (Å²) in [6, 6.07) is 35.2. The van der Waals surface area contributed by atoms with Gasteiger partial charge in [0.1, 0.15) is 0 Å². The van der Waals surface area contributed by atoms with E-state index in [0.29, 0.717) is 0 Å². The van der Waals surface area contributed by atoms with Crippen molar-refractivity contribution in [1.29, 1.82) is 0 Å². The topological polar surface area (TPSA) is 101 Å². The maximum Gasteiger partial charge on any atom is 0.00160 e. The minimum Gasteiger partial charge on any atom is -1.00 e. The Hall–Kier alpha value is -3.78. The molecule has 0 radical (unpaired) electrons. The van der Waals surface area contributed by atoms with Crippen LogP contribution in [0.5, 0.6) is 0 Å². The molecule has 0 atom stereocenters. The van der Waals surface area contributed by atoms with E-state index in [0.717, 1.165) is 26.2 Å². The molecule has 0 amide bonds. The molecule has 5 nitrogen and oxygen atoms in total. The maximum absolute atomic E-state index is 2.43. The zero-order valence-electron chi connectivity index (χ0n) is 28.4. The minimum absolute atomic E-state index is 0. The smallest absolute Gasteiger partial charge is 0.00160 e. The van der Waals surface area contributed by atoms with Crippen molar-refractivity contribution in [3.05, 3.63) is 153 Å². The summed E-state index contributed by atoms with van der Waals surface area (Å²) in [5, 5.41) is 0. The van der Waals surface area contributed by atoms with Crippen molar-refractivity contribution >= 4 is 35.5 Å². The minimum atomic E-state index is 0. The number of rotatable bonds is 0. The molecule has 49 heavy (non-hydrogen) atoms. The van der Waals surface area contributed by atoms with E-state index in [1.54, 1.807) is 11.1 Å². The van der Waals surface area contributed by atoms with E-state index in [-0.39, 0.29) is 41.2 Å². The molecule has 2 saturated heterocycles. The molecule has 260 valence electrons. The third-order valence-electron chi connectivity index (χ3n) is 9.69. The van der Waals surface area contributed by atoms with Crippen molar-refractivity contribution in [3.8, 4) is 0 Å². The van der Waals surface area contributed by atoms with Crippen molar-refractivity contribution in [2.24, 2.45) is 0 Å². The molecule has 2 aliphatic carbocycles. The summed E-state index contributed by atoms with van der Waals surface area (Å²) < 4.78 is 0. The zero-order valence-corrected chi connectivity index (χ0v) is 29.9. The van der Waals surface area contributed by atoms with E-state index < -0.39 is 0 Å². The second-order valence-electron chi connectivity index (χ2n) is 12.6. The van der Waals surface area contributed by atoms with Crippen LogP contribution in [0, 0.1) is 0 Å². The number of piperidine rings is 2. The van der Waals surface area contributed by atoms with Gasteiger partial charge in [-0.1, -0.05) is 133 Å². The highest BCUT2D eigenvalue weighted by Gasteiger charge is 2.22. The van der Waals surface area contributed by atoms with Crippen molar-refractivity contribution in [1.82, 2.24) is 9.80 Å². The summed E-state index contributed by atoms with van der Waals surface area (Å²) in [5.74, 6) is 0. The molecule has 8 rings (SSSR count). The predicted octanol–water partition coefficient (Wildman–Crippen LogP) is 0.930. The Morgan fingerprint density at radius 1 is 0.367 bits per heavy atom. The van der Waals surface area contributed by atoms with E-state index in [4.69, 9.17) is 0 Å². The Bertz CT molecular complexity index is 1570. The van der Waals surface area contributed by atoms with Crippen LogP contribution in [0.4, 0.5) is 0 Å². The summed E-state index contributed by atoms with van der Waals surface area (Å²) in [6.45, 7) is 4.65. The first kappa shape index (κ1) is 41.4. The number of likely N-dealkylation sites (tertiary alicyclic amines) is 2. The van der Waals surface area contributed by atoms with Gasteiger partial charge in [0.05, 0.1) is 0 Å².